The second kappa shape index (κ2) is 11.0. The Kier molecular flexibility index (Phi) is 9.02. The molecule has 33 heavy (non-hydrogen) atoms. The zero-order valence-corrected chi connectivity index (χ0v) is 18.3. The first-order chi connectivity index (χ1) is 15.5. The van der Waals surface area contributed by atoms with Crippen LogP contribution in [0.25, 0.3) is 0 Å². The first kappa shape index (κ1) is 27.0. The molecule has 0 amide bonds. The van der Waals surface area contributed by atoms with Gasteiger partial charge in [0, 0.05) is 0 Å². The largest absolute Gasteiger partial charge is 0.394 e. The fourth-order valence-electron chi connectivity index (χ4n) is 4.25. The number of hydrogen-bond donors (Lipinski definition) is 9. The molecule has 3 heterocycles. The van der Waals surface area contributed by atoms with Crippen LogP contribution in [0.15, 0.2) is 0 Å². The Morgan fingerprint density at radius 3 is 1.61 bits per heavy atom. The van der Waals surface area contributed by atoms with Crippen LogP contribution in [0.4, 0.5) is 0 Å². The molecular formula is C19H35NO13. The summed E-state index contributed by atoms with van der Waals surface area (Å²) in [6.45, 7) is 1.77. The summed E-state index contributed by atoms with van der Waals surface area (Å²) in [7, 11) is 0. The van der Waals surface area contributed by atoms with E-state index in [4.69, 9.17) is 29.4 Å². The predicted octanol–water partition coefficient (Wildman–Crippen LogP) is -5.51. The molecular weight excluding hydrogens is 450 g/mol. The van der Waals surface area contributed by atoms with Gasteiger partial charge in [-0.25, -0.2) is 0 Å². The van der Waals surface area contributed by atoms with Gasteiger partial charge >= 0.3 is 0 Å². The van der Waals surface area contributed by atoms with E-state index in [2.05, 4.69) is 0 Å². The van der Waals surface area contributed by atoms with E-state index >= 15 is 0 Å². The van der Waals surface area contributed by atoms with Crippen LogP contribution in [-0.2, 0) is 23.7 Å². The van der Waals surface area contributed by atoms with Gasteiger partial charge in [-0.15, -0.1) is 0 Å². The number of ether oxygens (including phenoxy) is 5. The first-order valence-corrected chi connectivity index (χ1v) is 10.8. The van der Waals surface area contributed by atoms with Crippen LogP contribution in [0.5, 0.6) is 0 Å². The Bertz CT molecular complexity index is 626. The second-order valence-corrected chi connectivity index (χ2v) is 8.72. The van der Waals surface area contributed by atoms with E-state index in [1.165, 1.54) is 6.92 Å². The molecule has 0 radical (unpaired) electrons. The number of nitrogens with two attached hydrogens (primary N) is 1. The summed E-state index contributed by atoms with van der Waals surface area (Å²) < 4.78 is 27.5. The molecule has 0 aromatic rings. The molecule has 0 aromatic heterocycles. The maximum atomic E-state index is 10.7. The van der Waals surface area contributed by atoms with Gasteiger partial charge in [-0.2, -0.15) is 0 Å². The third kappa shape index (κ3) is 5.34. The summed E-state index contributed by atoms with van der Waals surface area (Å²) in [6, 6.07) is -0.883. The molecule has 14 nitrogen and oxygen atoms in total. The van der Waals surface area contributed by atoms with Crippen LogP contribution in [0.2, 0.25) is 0 Å². The Morgan fingerprint density at radius 1 is 0.606 bits per heavy atom. The van der Waals surface area contributed by atoms with Gasteiger partial charge in [-0.05, 0) is 13.8 Å². The van der Waals surface area contributed by atoms with Crippen molar-refractivity contribution in [2.24, 2.45) is 5.73 Å². The first-order valence-electron chi connectivity index (χ1n) is 10.8. The monoisotopic (exact) mass is 485 g/mol. The summed E-state index contributed by atoms with van der Waals surface area (Å²) in [5, 5.41) is 81.3. The average molecular weight is 485 g/mol. The minimum atomic E-state index is -1.77. The third-order valence-electron chi connectivity index (χ3n) is 6.42. The van der Waals surface area contributed by atoms with E-state index < -0.39 is 105 Å². The Morgan fingerprint density at radius 2 is 1.06 bits per heavy atom. The Hall–Kier alpha value is -0.560. The molecule has 0 saturated carbocycles. The minimum Gasteiger partial charge on any atom is -0.394 e. The molecule has 0 bridgehead atoms. The summed E-state index contributed by atoms with van der Waals surface area (Å²) in [5.41, 5.74) is 5.74. The molecule has 0 aliphatic carbocycles. The molecule has 14 heteroatoms. The Labute approximate surface area is 190 Å². The number of aliphatic hydroxyl groups excluding tert-OH is 8. The van der Waals surface area contributed by atoms with Crippen molar-refractivity contribution in [3.8, 4) is 0 Å². The summed E-state index contributed by atoms with van der Waals surface area (Å²) in [4.78, 5) is 0. The highest BCUT2D eigenvalue weighted by molar-refractivity contribution is 4.96. The van der Waals surface area contributed by atoms with Crippen LogP contribution in [0, 0.1) is 0 Å². The quantitative estimate of drug-likeness (QED) is 0.171. The lowest BCUT2D eigenvalue weighted by molar-refractivity contribution is -0.366. The molecule has 3 saturated heterocycles. The van der Waals surface area contributed by atoms with Gasteiger partial charge in [0.1, 0.15) is 61.0 Å². The van der Waals surface area contributed by atoms with Crippen LogP contribution >= 0.6 is 0 Å². The van der Waals surface area contributed by atoms with Crippen molar-refractivity contribution in [1.29, 1.82) is 0 Å². The van der Waals surface area contributed by atoms with E-state index in [0.29, 0.717) is 0 Å². The van der Waals surface area contributed by atoms with Gasteiger partial charge in [0.05, 0.1) is 31.5 Å². The molecule has 3 aliphatic rings. The highest BCUT2D eigenvalue weighted by Gasteiger charge is 2.52. The summed E-state index contributed by atoms with van der Waals surface area (Å²) >= 11 is 0. The maximum Gasteiger partial charge on any atom is 0.187 e. The number of hydrogen-bond acceptors (Lipinski definition) is 14. The van der Waals surface area contributed by atoms with Crippen molar-refractivity contribution >= 4 is 0 Å². The van der Waals surface area contributed by atoms with Crippen LogP contribution < -0.4 is 5.73 Å². The average Bonchev–Trinajstić information content (AvgIpc) is 2.80. The van der Waals surface area contributed by atoms with E-state index in [1.807, 2.05) is 0 Å². The zero-order chi connectivity index (χ0) is 24.6. The predicted molar refractivity (Wildman–Crippen MR) is 105 cm³/mol. The summed E-state index contributed by atoms with van der Waals surface area (Å²) in [5.74, 6) is 0. The number of rotatable bonds is 6. The van der Waals surface area contributed by atoms with Gasteiger partial charge in [-0.1, -0.05) is 0 Å². The maximum absolute atomic E-state index is 10.7. The smallest absolute Gasteiger partial charge is 0.187 e. The molecule has 15 atom stereocenters. The lowest BCUT2D eigenvalue weighted by Crippen LogP contribution is -2.66. The van der Waals surface area contributed by atoms with Crippen molar-refractivity contribution in [2.45, 2.75) is 106 Å². The molecule has 12 unspecified atom stereocenters. The van der Waals surface area contributed by atoms with Crippen molar-refractivity contribution < 1.29 is 64.5 Å². The van der Waals surface area contributed by atoms with Crippen molar-refractivity contribution in [1.82, 2.24) is 0 Å². The SMILES string of the molecule is CC1O[C@@H](OC2C(CO)O[C@@H](OC3C(CO)O[C@@H](C)C(O)C3O)C(O)C2O)C(O)C(O)C1N. The molecule has 0 spiro atoms. The molecule has 3 aliphatic heterocycles. The van der Waals surface area contributed by atoms with E-state index in [9.17, 15) is 40.9 Å². The highest BCUT2D eigenvalue weighted by atomic mass is 16.7. The van der Waals surface area contributed by atoms with E-state index in [0.717, 1.165) is 0 Å². The third-order valence-corrected chi connectivity index (χ3v) is 6.42. The lowest BCUT2D eigenvalue weighted by Gasteiger charge is -2.48. The standard InChI is InChI=1S/C19H35NO13/c1-5-9(20)11(24)14(27)18(30-5)32-17-8(4-22)31-19(15(28)13(17)26)33-16-7(3-21)29-6(2)10(23)12(16)25/h5-19,21-28H,3-4,20H2,1-2H3/t5?,6-,7?,8?,9?,10?,11?,12?,13?,14?,15?,16?,17?,18-,19-/m0/s1. The topological polar surface area (TPSA) is 234 Å². The van der Waals surface area contributed by atoms with Gasteiger partial charge < -0.3 is 70.3 Å². The second-order valence-electron chi connectivity index (χ2n) is 8.72. The Balaban J connectivity index is 1.71. The lowest BCUT2D eigenvalue weighted by atomic mass is 9.94. The van der Waals surface area contributed by atoms with Crippen molar-refractivity contribution in [2.75, 3.05) is 13.2 Å². The van der Waals surface area contributed by atoms with E-state index in [-0.39, 0.29) is 0 Å². The molecule has 194 valence electrons. The van der Waals surface area contributed by atoms with Crippen molar-refractivity contribution in [3.63, 3.8) is 0 Å². The summed E-state index contributed by atoms with van der Waals surface area (Å²) in [6.07, 6.45) is -18.9. The minimum absolute atomic E-state index is 0.571. The van der Waals surface area contributed by atoms with Gasteiger partial charge in [0.25, 0.3) is 0 Å². The van der Waals surface area contributed by atoms with Crippen LogP contribution in [0.3, 0.4) is 0 Å². The van der Waals surface area contributed by atoms with Crippen LogP contribution in [0.1, 0.15) is 13.8 Å². The zero-order valence-electron chi connectivity index (χ0n) is 18.3. The number of aliphatic hydroxyl groups is 8. The van der Waals surface area contributed by atoms with E-state index in [1.54, 1.807) is 6.92 Å². The normalized spacial score (nSPS) is 53.7. The van der Waals surface area contributed by atoms with Crippen LogP contribution in [-0.4, -0.2) is 146 Å². The molecule has 0 aromatic carbocycles. The molecule has 10 N–H and O–H groups in total. The van der Waals surface area contributed by atoms with Gasteiger partial charge in [-0.3, -0.25) is 0 Å². The van der Waals surface area contributed by atoms with Gasteiger partial charge in [0.15, 0.2) is 12.6 Å². The highest BCUT2D eigenvalue weighted by Crippen LogP contribution is 2.32. The fraction of sp³-hybridized carbons (Fsp3) is 1.00. The fourth-order valence-corrected chi connectivity index (χ4v) is 4.25. The van der Waals surface area contributed by atoms with Crippen molar-refractivity contribution in [3.05, 3.63) is 0 Å². The molecule has 3 rings (SSSR count). The van der Waals surface area contributed by atoms with Gasteiger partial charge in [0.2, 0.25) is 0 Å². The molecule has 3 fully saturated rings.